The molecule has 0 aliphatic heterocycles. The van der Waals surface area contributed by atoms with Crippen molar-refractivity contribution in [2.75, 3.05) is 6.54 Å². The standard InChI is InChI=1S/C17H25N/c1-4-11-18-17(15-7-5-6-8-15)16-12-13(2)9-10-14(16)3/h7,9-10,12,17-18H,4-6,8,11H2,1-3H3. The van der Waals surface area contributed by atoms with Gasteiger partial charge in [-0.25, -0.2) is 0 Å². The predicted octanol–water partition coefficient (Wildman–Crippen LogP) is 4.45. The summed E-state index contributed by atoms with van der Waals surface area (Å²) in [7, 11) is 0. The van der Waals surface area contributed by atoms with Crippen LogP contribution in [0.3, 0.4) is 0 Å². The molecule has 2 rings (SSSR count). The zero-order valence-electron chi connectivity index (χ0n) is 11.9. The number of hydrogen-bond donors (Lipinski definition) is 1. The number of allylic oxidation sites excluding steroid dienone is 1. The zero-order valence-corrected chi connectivity index (χ0v) is 11.9. The summed E-state index contributed by atoms with van der Waals surface area (Å²) < 4.78 is 0. The normalized spacial score (nSPS) is 16.7. The van der Waals surface area contributed by atoms with Crippen molar-refractivity contribution in [3.05, 3.63) is 46.5 Å². The summed E-state index contributed by atoms with van der Waals surface area (Å²) in [6, 6.07) is 7.24. The van der Waals surface area contributed by atoms with Crippen molar-refractivity contribution in [1.82, 2.24) is 5.32 Å². The molecule has 0 saturated heterocycles. The summed E-state index contributed by atoms with van der Waals surface area (Å²) in [5, 5.41) is 3.73. The van der Waals surface area contributed by atoms with Gasteiger partial charge in [0.15, 0.2) is 0 Å². The third kappa shape index (κ3) is 3.02. The molecule has 0 bridgehead atoms. The second-order valence-electron chi connectivity index (χ2n) is 5.42. The van der Waals surface area contributed by atoms with E-state index < -0.39 is 0 Å². The molecule has 0 spiro atoms. The Labute approximate surface area is 111 Å². The van der Waals surface area contributed by atoms with E-state index in [9.17, 15) is 0 Å². The lowest BCUT2D eigenvalue weighted by Crippen LogP contribution is -2.24. The van der Waals surface area contributed by atoms with E-state index in [0.29, 0.717) is 6.04 Å². The Hall–Kier alpha value is -1.08. The second-order valence-corrected chi connectivity index (χ2v) is 5.42. The Morgan fingerprint density at radius 3 is 2.78 bits per heavy atom. The Morgan fingerprint density at radius 2 is 2.11 bits per heavy atom. The van der Waals surface area contributed by atoms with Crippen molar-refractivity contribution in [2.24, 2.45) is 0 Å². The van der Waals surface area contributed by atoms with E-state index in [0.717, 1.165) is 6.54 Å². The summed E-state index contributed by atoms with van der Waals surface area (Å²) in [5.41, 5.74) is 5.83. The molecule has 0 saturated carbocycles. The first-order valence-corrected chi connectivity index (χ1v) is 7.22. The number of hydrogen-bond acceptors (Lipinski definition) is 1. The van der Waals surface area contributed by atoms with Crippen LogP contribution >= 0.6 is 0 Å². The Morgan fingerprint density at radius 1 is 1.28 bits per heavy atom. The lowest BCUT2D eigenvalue weighted by Gasteiger charge is -2.23. The predicted molar refractivity (Wildman–Crippen MR) is 78.9 cm³/mol. The maximum atomic E-state index is 3.73. The highest BCUT2D eigenvalue weighted by Crippen LogP contribution is 2.32. The van der Waals surface area contributed by atoms with Crippen LogP contribution in [-0.4, -0.2) is 6.54 Å². The molecule has 1 aromatic rings. The Bertz CT molecular complexity index is 431. The Kier molecular flexibility index (Phi) is 4.60. The quantitative estimate of drug-likeness (QED) is 0.753. The van der Waals surface area contributed by atoms with Gasteiger partial charge in [0.05, 0.1) is 6.04 Å². The average Bonchev–Trinajstić information content (AvgIpc) is 2.88. The minimum Gasteiger partial charge on any atom is -0.307 e. The van der Waals surface area contributed by atoms with Crippen LogP contribution in [0.2, 0.25) is 0 Å². The molecule has 1 atom stereocenters. The molecule has 0 fully saturated rings. The van der Waals surface area contributed by atoms with Gasteiger partial charge in [-0.1, -0.05) is 42.3 Å². The molecule has 1 aliphatic rings. The van der Waals surface area contributed by atoms with Crippen LogP contribution in [-0.2, 0) is 0 Å². The summed E-state index contributed by atoms with van der Waals surface area (Å²) in [4.78, 5) is 0. The minimum atomic E-state index is 0.437. The van der Waals surface area contributed by atoms with Crippen molar-refractivity contribution in [1.29, 1.82) is 0 Å². The molecule has 1 heteroatoms. The molecular formula is C17H25N. The van der Waals surface area contributed by atoms with Gasteiger partial charge in [0, 0.05) is 0 Å². The maximum absolute atomic E-state index is 3.73. The molecule has 0 aromatic heterocycles. The van der Waals surface area contributed by atoms with Gasteiger partial charge in [-0.15, -0.1) is 0 Å². The van der Waals surface area contributed by atoms with Crippen molar-refractivity contribution in [3.8, 4) is 0 Å². The van der Waals surface area contributed by atoms with Crippen LogP contribution in [0.4, 0.5) is 0 Å². The number of rotatable bonds is 5. The van der Waals surface area contributed by atoms with Gasteiger partial charge in [-0.05, 0) is 57.2 Å². The second kappa shape index (κ2) is 6.19. The smallest absolute Gasteiger partial charge is 0.0538 e. The van der Waals surface area contributed by atoms with Crippen LogP contribution in [0.15, 0.2) is 29.8 Å². The Balaban J connectivity index is 2.29. The molecule has 1 unspecified atom stereocenters. The lowest BCUT2D eigenvalue weighted by molar-refractivity contribution is 0.576. The van der Waals surface area contributed by atoms with Crippen LogP contribution in [0, 0.1) is 13.8 Å². The van der Waals surface area contributed by atoms with E-state index in [-0.39, 0.29) is 0 Å². The van der Waals surface area contributed by atoms with Gasteiger partial charge in [0.25, 0.3) is 0 Å². The van der Waals surface area contributed by atoms with E-state index in [1.54, 1.807) is 5.57 Å². The van der Waals surface area contributed by atoms with Gasteiger partial charge in [0.1, 0.15) is 0 Å². The van der Waals surface area contributed by atoms with Gasteiger partial charge < -0.3 is 5.32 Å². The molecule has 1 aliphatic carbocycles. The SMILES string of the molecule is CCCNC(C1=CCCC1)c1cc(C)ccc1C. The van der Waals surface area contributed by atoms with Gasteiger partial charge in [-0.2, -0.15) is 0 Å². The fourth-order valence-corrected chi connectivity index (χ4v) is 2.76. The molecule has 1 N–H and O–H groups in total. The molecule has 18 heavy (non-hydrogen) atoms. The molecule has 1 nitrogen and oxygen atoms in total. The first-order chi connectivity index (χ1) is 8.72. The van der Waals surface area contributed by atoms with Crippen molar-refractivity contribution >= 4 is 0 Å². The highest BCUT2D eigenvalue weighted by molar-refractivity contribution is 5.38. The van der Waals surface area contributed by atoms with Gasteiger partial charge in [-0.3, -0.25) is 0 Å². The molecule has 1 aromatic carbocycles. The molecule has 0 amide bonds. The highest BCUT2D eigenvalue weighted by Gasteiger charge is 2.19. The number of aryl methyl sites for hydroxylation is 2. The first-order valence-electron chi connectivity index (χ1n) is 7.22. The molecular weight excluding hydrogens is 218 g/mol. The number of benzene rings is 1. The van der Waals surface area contributed by atoms with Crippen LogP contribution in [0.5, 0.6) is 0 Å². The molecule has 0 heterocycles. The molecule has 98 valence electrons. The average molecular weight is 243 g/mol. The van der Waals surface area contributed by atoms with E-state index in [2.05, 4.69) is 50.4 Å². The summed E-state index contributed by atoms with van der Waals surface area (Å²) in [5.74, 6) is 0. The van der Waals surface area contributed by atoms with Crippen molar-refractivity contribution in [3.63, 3.8) is 0 Å². The summed E-state index contributed by atoms with van der Waals surface area (Å²) >= 11 is 0. The van der Waals surface area contributed by atoms with E-state index in [1.165, 1.54) is 42.4 Å². The van der Waals surface area contributed by atoms with Gasteiger partial charge >= 0.3 is 0 Å². The fraction of sp³-hybridized carbons (Fsp3) is 0.529. The van der Waals surface area contributed by atoms with Gasteiger partial charge in [0.2, 0.25) is 0 Å². The summed E-state index contributed by atoms with van der Waals surface area (Å²) in [6.07, 6.45) is 7.47. The zero-order chi connectivity index (χ0) is 13.0. The van der Waals surface area contributed by atoms with Crippen LogP contribution in [0.1, 0.15) is 55.3 Å². The van der Waals surface area contributed by atoms with Crippen LogP contribution < -0.4 is 5.32 Å². The maximum Gasteiger partial charge on any atom is 0.0538 e. The highest BCUT2D eigenvalue weighted by atomic mass is 14.9. The largest absolute Gasteiger partial charge is 0.307 e. The third-order valence-corrected chi connectivity index (χ3v) is 3.79. The molecule has 0 radical (unpaired) electrons. The van der Waals surface area contributed by atoms with Crippen molar-refractivity contribution in [2.45, 2.75) is 52.5 Å². The van der Waals surface area contributed by atoms with E-state index >= 15 is 0 Å². The first kappa shape index (κ1) is 13.4. The lowest BCUT2D eigenvalue weighted by atomic mass is 9.93. The number of nitrogens with one attached hydrogen (secondary N) is 1. The van der Waals surface area contributed by atoms with E-state index in [1.807, 2.05) is 0 Å². The topological polar surface area (TPSA) is 12.0 Å². The monoisotopic (exact) mass is 243 g/mol. The van der Waals surface area contributed by atoms with E-state index in [4.69, 9.17) is 0 Å². The summed E-state index contributed by atoms with van der Waals surface area (Å²) in [6.45, 7) is 7.74. The van der Waals surface area contributed by atoms with Crippen LogP contribution in [0.25, 0.3) is 0 Å². The third-order valence-electron chi connectivity index (χ3n) is 3.79. The van der Waals surface area contributed by atoms with Crippen molar-refractivity contribution < 1.29 is 0 Å². The minimum absolute atomic E-state index is 0.437. The fourth-order valence-electron chi connectivity index (χ4n) is 2.76.